The highest BCUT2D eigenvalue weighted by atomic mass is 35.5. The van der Waals surface area contributed by atoms with E-state index < -0.39 is 0 Å². The molecule has 1 fully saturated rings. The third-order valence-corrected chi connectivity index (χ3v) is 3.32. The lowest BCUT2D eigenvalue weighted by Crippen LogP contribution is -1.79. The van der Waals surface area contributed by atoms with Gasteiger partial charge >= 0.3 is 0 Å². The molecule has 1 heterocycles. The van der Waals surface area contributed by atoms with Crippen molar-refractivity contribution in [3.05, 3.63) is 34.5 Å². The highest BCUT2D eigenvalue weighted by molar-refractivity contribution is 6.35. The van der Waals surface area contributed by atoms with Gasteiger partial charge in [-0.3, -0.25) is 0 Å². The first-order valence-electron chi connectivity index (χ1n) is 5.04. The quantitative estimate of drug-likeness (QED) is 0.724. The summed E-state index contributed by atoms with van der Waals surface area (Å²) in [6, 6.07) is 6.14. The lowest BCUT2D eigenvalue weighted by Gasteiger charge is -1.97. The van der Waals surface area contributed by atoms with Crippen LogP contribution in [0, 0.1) is 6.92 Å². The summed E-state index contributed by atoms with van der Waals surface area (Å²) in [6.45, 7) is 2.14. The van der Waals surface area contributed by atoms with Gasteiger partial charge in [0, 0.05) is 11.1 Å². The van der Waals surface area contributed by atoms with E-state index in [-0.39, 0.29) is 0 Å². The van der Waals surface area contributed by atoms with Gasteiger partial charge in [0.25, 0.3) is 0 Å². The second-order valence-corrected chi connectivity index (χ2v) is 4.51. The first-order chi connectivity index (χ1) is 6.77. The molecule has 0 atom stereocenters. The summed E-state index contributed by atoms with van der Waals surface area (Å²) in [5.41, 5.74) is 3.88. The zero-order valence-corrected chi connectivity index (χ0v) is 8.86. The fourth-order valence-corrected chi connectivity index (χ4v) is 2.45. The van der Waals surface area contributed by atoms with Crippen molar-refractivity contribution in [1.29, 1.82) is 0 Å². The normalized spacial score (nSPS) is 16.4. The van der Waals surface area contributed by atoms with Gasteiger partial charge in [-0.25, -0.2) is 0 Å². The highest BCUT2D eigenvalue weighted by Gasteiger charge is 2.28. The van der Waals surface area contributed by atoms with Crippen molar-refractivity contribution in [3.63, 3.8) is 0 Å². The smallest absolute Gasteiger partial charge is 0.0648 e. The number of hydrogen-bond acceptors (Lipinski definition) is 0. The largest absolute Gasteiger partial charge is 0.357 e. The lowest BCUT2D eigenvalue weighted by atomic mass is 10.1. The van der Waals surface area contributed by atoms with Gasteiger partial charge in [0.1, 0.15) is 0 Å². The van der Waals surface area contributed by atoms with Crippen molar-refractivity contribution in [2.75, 3.05) is 0 Å². The molecule has 0 bridgehead atoms. The maximum Gasteiger partial charge on any atom is 0.0648 e. The molecular weight excluding hydrogens is 194 g/mol. The number of H-pyrrole nitrogens is 1. The van der Waals surface area contributed by atoms with Crippen LogP contribution < -0.4 is 0 Å². The molecular formula is C12H12ClN. The Balaban J connectivity index is 2.37. The van der Waals surface area contributed by atoms with Gasteiger partial charge in [-0.1, -0.05) is 23.7 Å². The van der Waals surface area contributed by atoms with Crippen LogP contribution in [0.25, 0.3) is 10.9 Å². The second-order valence-electron chi connectivity index (χ2n) is 4.10. The van der Waals surface area contributed by atoms with E-state index in [1.165, 1.54) is 29.5 Å². The molecule has 0 aliphatic heterocycles. The lowest BCUT2D eigenvalue weighted by molar-refractivity contribution is 1.10. The number of para-hydroxylation sites is 1. The molecule has 1 aromatic carbocycles. The molecule has 0 amide bonds. The van der Waals surface area contributed by atoms with Gasteiger partial charge in [-0.2, -0.15) is 0 Å². The first-order valence-corrected chi connectivity index (χ1v) is 5.42. The number of benzene rings is 1. The number of aromatic nitrogens is 1. The van der Waals surface area contributed by atoms with Crippen molar-refractivity contribution in [3.8, 4) is 0 Å². The molecule has 1 saturated carbocycles. The Morgan fingerprint density at radius 3 is 2.86 bits per heavy atom. The number of fused-ring (bicyclic) bond motifs is 1. The SMILES string of the molecule is Cc1[nH]c2c(Cl)cccc2c1C1CC1. The number of hydrogen-bond donors (Lipinski definition) is 1. The van der Waals surface area contributed by atoms with E-state index in [9.17, 15) is 0 Å². The van der Waals surface area contributed by atoms with Gasteiger partial charge in [0.2, 0.25) is 0 Å². The molecule has 0 spiro atoms. The van der Waals surface area contributed by atoms with Gasteiger partial charge in [-0.15, -0.1) is 0 Å². The second kappa shape index (κ2) is 2.77. The minimum atomic E-state index is 0.780. The van der Waals surface area contributed by atoms with Gasteiger partial charge in [0.15, 0.2) is 0 Å². The van der Waals surface area contributed by atoms with Gasteiger partial charge in [0.05, 0.1) is 10.5 Å². The summed E-state index contributed by atoms with van der Waals surface area (Å²) in [4.78, 5) is 3.38. The van der Waals surface area contributed by atoms with E-state index in [0.29, 0.717) is 0 Å². The number of nitrogens with one attached hydrogen (secondary N) is 1. The minimum absolute atomic E-state index is 0.780. The molecule has 1 aliphatic rings. The highest BCUT2D eigenvalue weighted by Crippen LogP contribution is 2.45. The Hall–Kier alpha value is -0.950. The summed E-state index contributed by atoms with van der Waals surface area (Å²) >= 11 is 6.14. The van der Waals surface area contributed by atoms with Crippen LogP contribution in [0.4, 0.5) is 0 Å². The molecule has 72 valence electrons. The van der Waals surface area contributed by atoms with Crippen molar-refractivity contribution in [2.45, 2.75) is 25.7 Å². The molecule has 14 heavy (non-hydrogen) atoms. The molecule has 1 nitrogen and oxygen atoms in total. The predicted octanol–water partition coefficient (Wildman–Crippen LogP) is 4.01. The van der Waals surface area contributed by atoms with Crippen LogP contribution in [0.5, 0.6) is 0 Å². The maximum atomic E-state index is 6.14. The van der Waals surface area contributed by atoms with Crippen LogP contribution in [0.1, 0.15) is 30.0 Å². The number of rotatable bonds is 1. The van der Waals surface area contributed by atoms with Crippen molar-refractivity contribution >= 4 is 22.5 Å². The fourth-order valence-electron chi connectivity index (χ4n) is 2.23. The number of aryl methyl sites for hydroxylation is 1. The Morgan fingerprint density at radius 1 is 1.36 bits per heavy atom. The summed E-state index contributed by atoms with van der Waals surface area (Å²) in [5.74, 6) is 0.780. The van der Waals surface area contributed by atoms with Gasteiger partial charge < -0.3 is 4.98 Å². The Labute approximate surface area is 88.1 Å². The van der Waals surface area contributed by atoms with E-state index in [4.69, 9.17) is 11.6 Å². The van der Waals surface area contributed by atoms with Crippen molar-refractivity contribution < 1.29 is 0 Å². The Morgan fingerprint density at radius 2 is 2.14 bits per heavy atom. The zero-order chi connectivity index (χ0) is 9.71. The van der Waals surface area contributed by atoms with E-state index in [2.05, 4.69) is 18.0 Å². The molecule has 1 aliphatic carbocycles. The van der Waals surface area contributed by atoms with E-state index in [0.717, 1.165) is 16.5 Å². The Bertz CT molecular complexity index is 494. The zero-order valence-electron chi connectivity index (χ0n) is 8.10. The van der Waals surface area contributed by atoms with E-state index >= 15 is 0 Å². The first kappa shape index (κ1) is 8.37. The maximum absolute atomic E-state index is 6.14. The molecule has 0 saturated heterocycles. The third kappa shape index (κ3) is 1.09. The summed E-state index contributed by atoms with van der Waals surface area (Å²) < 4.78 is 0. The van der Waals surface area contributed by atoms with Crippen molar-refractivity contribution in [1.82, 2.24) is 4.98 Å². The Kier molecular flexibility index (Phi) is 1.65. The molecule has 1 aromatic heterocycles. The predicted molar refractivity (Wildman–Crippen MR) is 60.0 cm³/mol. The monoisotopic (exact) mass is 205 g/mol. The van der Waals surface area contributed by atoms with Crippen LogP contribution in [0.15, 0.2) is 18.2 Å². The molecule has 1 N–H and O–H groups in total. The summed E-state index contributed by atoms with van der Waals surface area (Å²) in [6.07, 6.45) is 2.67. The molecule has 0 radical (unpaired) electrons. The molecule has 3 rings (SSSR count). The summed E-state index contributed by atoms with van der Waals surface area (Å²) in [5, 5.41) is 2.15. The average Bonchev–Trinajstić information content (AvgIpc) is 2.91. The molecule has 2 aromatic rings. The topological polar surface area (TPSA) is 15.8 Å². The van der Waals surface area contributed by atoms with Crippen LogP contribution in [0.3, 0.4) is 0 Å². The third-order valence-electron chi connectivity index (χ3n) is 3.01. The molecule has 2 heteroatoms. The minimum Gasteiger partial charge on any atom is -0.357 e. The summed E-state index contributed by atoms with van der Waals surface area (Å²) in [7, 11) is 0. The van der Waals surface area contributed by atoms with Crippen molar-refractivity contribution in [2.24, 2.45) is 0 Å². The van der Waals surface area contributed by atoms with E-state index in [1.54, 1.807) is 0 Å². The fraction of sp³-hybridized carbons (Fsp3) is 0.333. The number of aromatic amines is 1. The van der Waals surface area contributed by atoms with Gasteiger partial charge in [-0.05, 0) is 37.3 Å². The standard InChI is InChI=1S/C12H12ClN/c1-7-11(8-5-6-8)9-3-2-4-10(13)12(9)14-7/h2-4,8,14H,5-6H2,1H3. The average molecular weight is 206 g/mol. The van der Waals surface area contributed by atoms with E-state index in [1.807, 2.05) is 12.1 Å². The molecule has 0 unspecified atom stereocenters. The van der Waals surface area contributed by atoms with Crippen LogP contribution in [0.2, 0.25) is 5.02 Å². The van der Waals surface area contributed by atoms with Crippen LogP contribution >= 0.6 is 11.6 Å². The van der Waals surface area contributed by atoms with Crippen LogP contribution in [-0.4, -0.2) is 4.98 Å². The number of halogens is 1. The van der Waals surface area contributed by atoms with Crippen LogP contribution in [-0.2, 0) is 0 Å².